The molecule has 1 atom stereocenters. The Morgan fingerprint density at radius 3 is 2.37 bits per heavy atom. The maximum absolute atomic E-state index is 11.8. The summed E-state index contributed by atoms with van der Waals surface area (Å²) in [5.74, 6) is -0.942. The van der Waals surface area contributed by atoms with Crippen molar-refractivity contribution in [1.29, 1.82) is 0 Å². The van der Waals surface area contributed by atoms with E-state index in [1.165, 1.54) is 0 Å². The highest BCUT2D eigenvalue weighted by atomic mass is 32.2. The molecule has 0 aliphatic carbocycles. The summed E-state index contributed by atoms with van der Waals surface area (Å²) in [7, 11) is 0. The van der Waals surface area contributed by atoms with Gasteiger partial charge in [-0.1, -0.05) is 10.5 Å². The van der Waals surface area contributed by atoms with Gasteiger partial charge in [-0.25, -0.2) is 4.79 Å². The van der Waals surface area contributed by atoms with Crippen LogP contribution in [0.2, 0.25) is 0 Å². The molecule has 0 heterocycles. The number of rotatable bonds is 3. The van der Waals surface area contributed by atoms with E-state index in [-0.39, 0.29) is 5.56 Å². The van der Waals surface area contributed by atoms with E-state index in [0.717, 1.165) is 11.1 Å². The molecule has 0 radical (unpaired) electrons. The molecule has 0 saturated carbocycles. The van der Waals surface area contributed by atoms with Crippen LogP contribution in [0, 0.1) is 13.8 Å². The van der Waals surface area contributed by atoms with Crippen LogP contribution >= 0.6 is 0 Å². The molecule has 0 amide bonds. The Balaban J connectivity index is 3.08. The second-order valence-corrected chi connectivity index (χ2v) is 7.29. The predicted octanol–water partition coefficient (Wildman–Crippen LogP) is 2.88. The smallest absolute Gasteiger partial charge is 0.335 e. The summed E-state index contributed by atoms with van der Waals surface area (Å²) in [4.78, 5) is 11.0. The molecule has 4 nitrogen and oxygen atoms in total. The van der Waals surface area contributed by atoms with Gasteiger partial charge in [0, 0.05) is 5.56 Å². The first-order valence-electron chi connectivity index (χ1n) is 5.94. The van der Waals surface area contributed by atoms with Crippen molar-refractivity contribution in [2.24, 2.45) is 4.40 Å². The number of hydrogen-bond donors (Lipinski definition) is 1. The molecule has 0 spiro atoms. The third kappa shape index (κ3) is 3.81. The van der Waals surface area contributed by atoms with Gasteiger partial charge in [-0.3, -0.25) is 0 Å². The molecule has 1 N–H and O–H groups in total. The number of hydrogen-bond acceptors (Lipinski definition) is 3. The fraction of sp³-hybridized carbons (Fsp3) is 0.429. The van der Waals surface area contributed by atoms with Gasteiger partial charge in [0.05, 0.1) is 11.8 Å². The van der Waals surface area contributed by atoms with Crippen molar-refractivity contribution < 1.29 is 14.5 Å². The SMILES string of the molecule is Cc1c(C=N[S+]([O-])C(C)(C)C)ccc(C(=O)O)c1C. The van der Waals surface area contributed by atoms with Crippen LogP contribution in [0.4, 0.5) is 0 Å². The molecule has 0 saturated heterocycles. The normalized spacial score (nSPS) is 13.8. The standard InChI is InChI=1S/C14H19NO3S/c1-9-10(2)12(13(16)17)7-6-11(9)8-15-19(18)14(3,4)5/h6-8H,1-5H3,(H,16,17). The van der Waals surface area contributed by atoms with E-state index in [9.17, 15) is 9.35 Å². The van der Waals surface area contributed by atoms with Crippen molar-refractivity contribution in [3.63, 3.8) is 0 Å². The molecule has 5 heteroatoms. The molecule has 0 fully saturated rings. The van der Waals surface area contributed by atoms with Gasteiger partial charge in [0.1, 0.15) is 16.1 Å². The molecule has 1 aromatic rings. The minimum Gasteiger partial charge on any atom is -0.591 e. The highest BCUT2D eigenvalue weighted by Crippen LogP contribution is 2.19. The summed E-state index contributed by atoms with van der Waals surface area (Å²) in [6.45, 7) is 9.16. The number of nitrogens with zero attached hydrogens (tertiary/aromatic N) is 1. The fourth-order valence-corrected chi connectivity index (χ4v) is 2.00. The summed E-state index contributed by atoms with van der Waals surface area (Å²) in [5.41, 5.74) is 2.62. The van der Waals surface area contributed by atoms with Crippen LogP contribution in [0.25, 0.3) is 0 Å². The fourth-order valence-electron chi connectivity index (χ4n) is 1.48. The summed E-state index contributed by atoms with van der Waals surface area (Å²) in [5, 5.41) is 9.02. The molecule has 19 heavy (non-hydrogen) atoms. The first-order valence-corrected chi connectivity index (χ1v) is 7.05. The van der Waals surface area contributed by atoms with Crippen molar-refractivity contribution in [3.05, 3.63) is 34.4 Å². The van der Waals surface area contributed by atoms with Gasteiger partial charge in [0.2, 0.25) is 0 Å². The zero-order chi connectivity index (χ0) is 14.8. The van der Waals surface area contributed by atoms with Gasteiger partial charge in [-0.05, 0) is 51.8 Å². The molecule has 0 aliphatic heterocycles. The van der Waals surface area contributed by atoms with Gasteiger partial charge in [-0.2, -0.15) is 0 Å². The third-order valence-corrected chi connectivity index (χ3v) is 4.22. The van der Waals surface area contributed by atoms with E-state index in [4.69, 9.17) is 5.11 Å². The Bertz CT molecular complexity index is 518. The molecule has 0 aliphatic rings. The second-order valence-electron chi connectivity index (χ2n) is 5.35. The van der Waals surface area contributed by atoms with Crippen molar-refractivity contribution in [3.8, 4) is 0 Å². The average molecular weight is 281 g/mol. The van der Waals surface area contributed by atoms with Crippen molar-refractivity contribution in [2.75, 3.05) is 0 Å². The molecule has 0 bridgehead atoms. The molecule has 1 rings (SSSR count). The lowest BCUT2D eigenvalue weighted by Gasteiger charge is -2.18. The van der Waals surface area contributed by atoms with Crippen LogP contribution in [-0.4, -0.2) is 26.6 Å². The molecule has 0 aromatic heterocycles. The number of aromatic carboxylic acids is 1. The Labute approximate surface area is 116 Å². The van der Waals surface area contributed by atoms with Crippen molar-refractivity contribution >= 4 is 23.5 Å². The van der Waals surface area contributed by atoms with Crippen LogP contribution in [0.5, 0.6) is 0 Å². The Kier molecular flexibility index (Phi) is 4.76. The largest absolute Gasteiger partial charge is 0.591 e. The lowest BCUT2D eigenvalue weighted by atomic mass is 9.99. The van der Waals surface area contributed by atoms with Gasteiger partial charge < -0.3 is 9.66 Å². The number of carboxylic acids is 1. The highest BCUT2D eigenvalue weighted by molar-refractivity contribution is 7.91. The third-order valence-electron chi connectivity index (χ3n) is 2.87. The van der Waals surface area contributed by atoms with Crippen LogP contribution < -0.4 is 0 Å². The predicted molar refractivity (Wildman–Crippen MR) is 78.4 cm³/mol. The lowest BCUT2D eigenvalue weighted by Crippen LogP contribution is -2.25. The van der Waals surface area contributed by atoms with Crippen LogP contribution in [0.3, 0.4) is 0 Å². The van der Waals surface area contributed by atoms with Crippen molar-refractivity contribution in [2.45, 2.75) is 39.4 Å². The lowest BCUT2D eigenvalue weighted by molar-refractivity contribution is 0.0696. The van der Waals surface area contributed by atoms with Gasteiger partial charge >= 0.3 is 5.97 Å². The zero-order valence-electron chi connectivity index (χ0n) is 11.9. The monoisotopic (exact) mass is 281 g/mol. The molecule has 1 aromatic carbocycles. The number of benzene rings is 1. The summed E-state index contributed by atoms with van der Waals surface area (Å²) < 4.78 is 15.5. The van der Waals surface area contributed by atoms with E-state index in [1.807, 2.05) is 27.7 Å². The minimum absolute atomic E-state index is 0.284. The van der Waals surface area contributed by atoms with E-state index in [0.29, 0.717) is 5.56 Å². The molecule has 1 unspecified atom stereocenters. The van der Waals surface area contributed by atoms with E-state index in [1.54, 1.807) is 25.3 Å². The topological polar surface area (TPSA) is 72.7 Å². The maximum atomic E-state index is 11.8. The zero-order valence-corrected chi connectivity index (χ0v) is 12.7. The first-order chi connectivity index (χ1) is 8.64. The Morgan fingerprint density at radius 2 is 1.89 bits per heavy atom. The van der Waals surface area contributed by atoms with E-state index >= 15 is 0 Å². The van der Waals surface area contributed by atoms with Crippen LogP contribution in [-0.2, 0) is 11.4 Å². The van der Waals surface area contributed by atoms with Gasteiger partial charge in [0.25, 0.3) is 0 Å². The van der Waals surface area contributed by atoms with Crippen LogP contribution in [0.15, 0.2) is 16.5 Å². The quantitative estimate of drug-likeness (QED) is 0.684. The van der Waals surface area contributed by atoms with Crippen LogP contribution in [0.1, 0.15) is 47.8 Å². The maximum Gasteiger partial charge on any atom is 0.335 e. The number of carbonyl (C=O) groups is 1. The minimum atomic E-state index is -1.31. The van der Waals surface area contributed by atoms with E-state index < -0.39 is 22.1 Å². The van der Waals surface area contributed by atoms with Gasteiger partial charge in [-0.15, -0.1) is 0 Å². The Morgan fingerprint density at radius 1 is 1.32 bits per heavy atom. The summed E-state index contributed by atoms with van der Waals surface area (Å²) in [6.07, 6.45) is 1.55. The molecular weight excluding hydrogens is 262 g/mol. The van der Waals surface area contributed by atoms with Gasteiger partial charge in [0.15, 0.2) is 0 Å². The highest BCUT2D eigenvalue weighted by Gasteiger charge is 2.25. The van der Waals surface area contributed by atoms with Crippen molar-refractivity contribution in [1.82, 2.24) is 0 Å². The van der Waals surface area contributed by atoms with E-state index in [2.05, 4.69) is 4.40 Å². The first kappa shape index (κ1) is 15.7. The Hall–Kier alpha value is -1.33. The second kappa shape index (κ2) is 5.75. The average Bonchev–Trinajstić information content (AvgIpc) is 2.28. The number of carboxylic acid groups (broad SMARTS) is 1. The summed E-state index contributed by atoms with van der Waals surface area (Å²) in [6, 6.07) is 3.24. The molecular formula is C14H19NO3S. The summed E-state index contributed by atoms with van der Waals surface area (Å²) >= 11 is -1.31. The molecule has 104 valence electrons.